The molecule has 0 aromatic carbocycles. The van der Waals surface area contributed by atoms with E-state index in [1.54, 1.807) is 0 Å². The molecule has 0 spiro atoms. The number of amides is 1. The Morgan fingerprint density at radius 2 is 2.10 bits per heavy atom. The molecule has 0 fully saturated rings. The first-order valence-electron chi connectivity index (χ1n) is 2.53. The SMILES string of the molecule is C=C/C(Cl)=C(/Cl)C(=O)NC. The number of hydrogen-bond acceptors (Lipinski definition) is 1. The molecule has 0 aliphatic rings. The number of likely N-dealkylation sites (N-methyl/N-ethyl adjacent to an activating group) is 1. The van der Waals surface area contributed by atoms with Crippen LogP contribution >= 0.6 is 23.2 Å². The maximum atomic E-state index is 10.7. The number of hydrogen-bond donors (Lipinski definition) is 1. The van der Waals surface area contributed by atoms with E-state index in [-0.39, 0.29) is 10.1 Å². The molecular formula is C6H7Cl2NO. The topological polar surface area (TPSA) is 29.1 Å². The Balaban J connectivity index is 4.45. The second kappa shape index (κ2) is 4.36. The highest BCUT2D eigenvalue weighted by atomic mass is 35.5. The second-order valence-corrected chi connectivity index (χ2v) is 2.23. The van der Waals surface area contributed by atoms with Crippen LogP contribution in [0.3, 0.4) is 0 Å². The minimum atomic E-state index is -0.411. The number of carbonyl (C=O) groups excluding carboxylic acids is 1. The van der Waals surface area contributed by atoms with Crippen LogP contribution in [0.1, 0.15) is 0 Å². The van der Waals surface area contributed by atoms with Gasteiger partial charge >= 0.3 is 0 Å². The Bertz CT molecular complexity index is 186. The average molecular weight is 180 g/mol. The summed E-state index contributed by atoms with van der Waals surface area (Å²) in [5.41, 5.74) is 0. The van der Waals surface area contributed by atoms with Crippen LogP contribution in [0.25, 0.3) is 0 Å². The molecule has 10 heavy (non-hydrogen) atoms. The lowest BCUT2D eigenvalue weighted by Gasteiger charge is -1.96. The zero-order valence-electron chi connectivity index (χ0n) is 5.45. The Labute approximate surface area is 69.5 Å². The van der Waals surface area contributed by atoms with Gasteiger partial charge in [-0.2, -0.15) is 0 Å². The van der Waals surface area contributed by atoms with Gasteiger partial charge in [-0.25, -0.2) is 0 Å². The predicted molar refractivity (Wildman–Crippen MR) is 43.0 cm³/mol. The van der Waals surface area contributed by atoms with E-state index in [4.69, 9.17) is 23.2 Å². The predicted octanol–water partition coefficient (Wildman–Crippen LogP) is 1.61. The summed E-state index contributed by atoms with van der Waals surface area (Å²) in [7, 11) is 1.47. The molecule has 0 aliphatic heterocycles. The standard InChI is InChI=1S/C6H7Cl2NO/c1-3-4(7)5(8)6(10)9-2/h3H,1H2,2H3,(H,9,10)/b5-4-. The van der Waals surface area contributed by atoms with Gasteiger partial charge < -0.3 is 5.32 Å². The highest BCUT2D eigenvalue weighted by molar-refractivity contribution is 6.48. The number of allylic oxidation sites excluding steroid dienone is 2. The fourth-order valence-corrected chi connectivity index (χ4v) is 0.565. The number of halogens is 2. The third-order valence-corrected chi connectivity index (χ3v) is 1.63. The molecule has 0 bridgehead atoms. The van der Waals surface area contributed by atoms with Crippen LogP contribution in [0.15, 0.2) is 22.7 Å². The number of rotatable bonds is 2. The van der Waals surface area contributed by atoms with E-state index < -0.39 is 5.91 Å². The van der Waals surface area contributed by atoms with Gasteiger partial charge in [-0.15, -0.1) is 0 Å². The van der Waals surface area contributed by atoms with Crippen molar-refractivity contribution < 1.29 is 4.79 Å². The lowest BCUT2D eigenvalue weighted by atomic mass is 10.4. The van der Waals surface area contributed by atoms with Crippen molar-refractivity contribution in [2.75, 3.05) is 7.05 Å². The van der Waals surface area contributed by atoms with Crippen LogP contribution in [0.2, 0.25) is 0 Å². The van der Waals surface area contributed by atoms with E-state index in [1.807, 2.05) is 0 Å². The smallest absolute Gasteiger partial charge is 0.264 e. The fraction of sp³-hybridized carbons (Fsp3) is 0.167. The van der Waals surface area contributed by atoms with E-state index in [1.165, 1.54) is 13.1 Å². The molecule has 0 aliphatic carbocycles. The fourth-order valence-electron chi connectivity index (χ4n) is 0.308. The second-order valence-electron chi connectivity index (χ2n) is 1.45. The molecule has 0 atom stereocenters. The van der Waals surface area contributed by atoms with Crippen molar-refractivity contribution in [2.24, 2.45) is 0 Å². The van der Waals surface area contributed by atoms with Crippen LogP contribution in [-0.2, 0) is 4.79 Å². The summed E-state index contributed by atoms with van der Waals surface area (Å²) in [5.74, 6) is -0.411. The molecule has 56 valence electrons. The summed E-state index contributed by atoms with van der Waals surface area (Å²) in [5, 5.41) is 2.43. The van der Waals surface area contributed by atoms with Crippen molar-refractivity contribution in [3.63, 3.8) is 0 Å². The molecule has 4 heteroatoms. The van der Waals surface area contributed by atoms with Crippen LogP contribution in [0, 0.1) is 0 Å². The molecule has 0 saturated heterocycles. The van der Waals surface area contributed by atoms with Gasteiger partial charge in [-0.3, -0.25) is 4.79 Å². The summed E-state index contributed by atoms with van der Waals surface area (Å²) in [4.78, 5) is 10.7. The zero-order chi connectivity index (χ0) is 8.15. The minimum Gasteiger partial charge on any atom is -0.354 e. The lowest BCUT2D eigenvalue weighted by Crippen LogP contribution is -2.17. The first kappa shape index (κ1) is 9.53. The maximum absolute atomic E-state index is 10.7. The van der Waals surface area contributed by atoms with Crippen LogP contribution < -0.4 is 5.32 Å². The van der Waals surface area contributed by atoms with E-state index in [0.717, 1.165) is 0 Å². The average Bonchev–Trinajstić information content (AvgIpc) is 2.00. The summed E-state index contributed by atoms with van der Waals surface area (Å²) in [6.45, 7) is 3.34. The third kappa shape index (κ3) is 2.42. The van der Waals surface area contributed by atoms with Gasteiger partial charge in [-0.05, 0) is 6.08 Å². The van der Waals surface area contributed by atoms with Crippen LogP contribution in [0.5, 0.6) is 0 Å². The third-order valence-electron chi connectivity index (χ3n) is 0.815. The zero-order valence-corrected chi connectivity index (χ0v) is 6.96. The molecule has 1 N–H and O–H groups in total. The number of nitrogens with one attached hydrogen (secondary N) is 1. The highest BCUT2D eigenvalue weighted by Gasteiger charge is 2.06. The Hall–Kier alpha value is -0.470. The van der Waals surface area contributed by atoms with Gasteiger partial charge in [-0.1, -0.05) is 29.8 Å². The van der Waals surface area contributed by atoms with Gasteiger partial charge in [0.2, 0.25) is 0 Å². The Morgan fingerprint density at radius 3 is 2.40 bits per heavy atom. The maximum Gasteiger partial charge on any atom is 0.264 e. The molecule has 0 aromatic heterocycles. The minimum absolute atomic E-state index is 0.0424. The normalized spacial score (nSPS) is 11.9. The first-order valence-corrected chi connectivity index (χ1v) is 3.28. The molecule has 0 aromatic rings. The van der Waals surface area contributed by atoms with Crippen molar-refractivity contribution in [3.8, 4) is 0 Å². The monoisotopic (exact) mass is 179 g/mol. The summed E-state index contributed by atoms with van der Waals surface area (Å²) < 4.78 is 0. The van der Waals surface area contributed by atoms with Crippen molar-refractivity contribution in [2.45, 2.75) is 0 Å². The Kier molecular flexibility index (Phi) is 4.16. The summed E-state index contributed by atoms with van der Waals surface area (Å²) in [6.07, 6.45) is 1.30. The molecule has 1 amide bonds. The molecule has 0 rings (SSSR count). The van der Waals surface area contributed by atoms with Gasteiger partial charge in [0.25, 0.3) is 5.91 Å². The van der Waals surface area contributed by atoms with E-state index in [2.05, 4.69) is 11.9 Å². The molecule has 0 unspecified atom stereocenters. The van der Waals surface area contributed by atoms with Crippen molar-refractivity contribution in [1.29, 1.82) is 0 Å². The van der Waals surface area contributed by atoms with E-state index >= 15 is 0 Å². The van der Waals surface area contributed by atoms with Crippen molar-refractivity contribution in [3.05, 3.63) is 22.7 Å². The van der Waals surface area contributed by atoms with Gasteiger partial charge in [0, 0.05) is 7.05 Å². The molecule has 0 saturated carbocycles. The molecule has 2 nitrogen and oxygen atoms in total. The van der Waals surface area contributed by atoms with Gasteiger partial charge in [0.05, 0.1) is 5.03 Å². The van der Waals surface area contributed by atoms with Gasteiger partial charge in [0.15, 0.2) is 0 Å². The van der Waals surface area contributed by atoms with Crippen LogP contribution in [0.4, 0.5) is 0 Å². The number of carbonyl (C=O) groups is 1. The summed E-state index contributed by atoms with van der Waals surface area (Å²) >= 11 is 10.9. The summed E-state index contributed by atoms with van der Waals surface area (Å²) in [6, 6.07) is 0. The van der Waals surface area contributed by atoms with Gasteiger partial charge in [0.1, 0.15) is 5.03 Å². The van der Waals surface area contributed by atoms with Crippen molar-refractivity contribution in [1.82, 2.24) is 5.32 Å². The highest BCUT2D eigenvalue weighted by Crippen LogP contribution is 2.13. The molecule has 0 heterocycles. The largest absolute Gasteiger partial charge is 0.354 e. The molecule has 0 radical (unpaired) electrons. The van der Waals surface area contributed by atoms with Crippen LogP contribution in [-0.4, -0.2) is 13.0 Å². The first-order chi connectivity index (χ1) is 4.63. The van der Waals surface area contributed by atoms with E-state index in [9.17, 15) is 4.79 Å². The van der Waals surface area contributed by atoms with E-state index in [0.29, 0.717) is 0 Å². The molecular weight excluding hydrogens is 173 g/mol. The van der Waals surface area contributed by atoms with Crippen molar-refractivity contribution >= 4 is 29.1 Å². The quantitative estimate of drug-likeness (QED) is 0.507. The lowest BCUT2D eigenvalue weighted by molar-refractivity contribution is -0.116. The Morgan fingerprint density at radius 1 is 1.60 bits per heavy atom.